The maximum absolute atomic E-state index is 13.8. The van der Waals surface area contributed by atoms with E-state index in [0.29, 0.717) is 18.2 Å². The van der Waals surface area contributed by atoms with Gasteiger partial charge in [0.1, 0.15) is 17.3 Å². The molecule has 0 unspecified atom stereocenters. The molecule has 144 valence electrons. The Hall–Kier alpha value is -3.42. The molecule has 3 rings (SSSR count). The van der Waals surface area contributed by atoms with E-state index in [1.165, 1.54) is 6.07 Å². The summed E-state index contributed by atoms with van der Waals surface area (Å²) in [7, 11) is 0. The zero-order valence-corrected chi connectivity index (χ0v) is 15.2. The molecule has 0 fully saturated rings. The maximum atomic E-state index is 13.8. The van der Waals surface area contributed by atoms with E-state index in [0.717, 1.165) is 17.8 Å². The zero-order valence-electron chi connectivity index (χ0n) is 15.2. The van der Waals surface area contributed by atoms with Crippen LogP contribution in [0, 0.1) is 24.4 Å². The second-order valence-electron chi connectivity index (χ2n) is 5.92. The van der Waals surface area contributed by atoms with Crippen molar-refractivity contribution < 1.29 is 18.0 Å². The van der Waals surface area contributed by atoms with Crippen LogP contribution in [0.4, 0.5) is 30.4 Å². The standard InChI is InChI=1S/C20H17F3N4O/c1-3-27(13-7-5-4-6-8-13)17-11-16(24-12(2)25-17)20(28)26-15-10-9-14(21)18(22)19(15)23/h4-11H,3H2,1-2H3,(H,26,28). The van der Waals surface area contributed by atoms with Crippen molar-refractivity contribution >= 4 is 23.1 Å². The number of amides is 1. The van der Waals surface area contributed by atoms with Crippen LogP contribution in [-0.2, 0) is 0 Å². The molecule has 1 aromatic heterocycles. The van der Waals surface area contributed by atoms with Gasteiger partial charge in [0, 0.05) is 18.3 Å². The van der Waals surface area contributed by atoms with Crippen molar-refractivity contribution in [1.29, 1.82) is 0 Å². The Morgan fingerprint density at radius 3 is 2.43 bits per heavy atom. The molecule has 3 aromatic rings. The van der Waals surface area contributed by atoms with Gasteiger partial charge in [-0.3, -0.25) is 4.79 Å². The van der Waals surface area contributed by atoms with Crippen molar-refractivity contribution in [2.75, 3.05) is 16.8 Å². The van der Waals surface area contributed by atoms with Crippen molar-refractivity contribution in [2.24, 2.45) is 0 Å². The molecule has 0 saturated heterocycles. The Morgan fingerprint density at radius 1 is 1.04 bits per heavy atom. The summed E-state index contributed by atoms with van der Waals surface area (Å²) in [6, 6.07) is 12.6. The predicted molar refractivity (Wildman–Crippen MR) is 100 cm³/mol. The van der Waals surface area contributed by atoms with Crippen LogP contribution >= 0.6 is 0 Å². The van der Waals surface area contributed by atoms with Crippen molar-refractivity contribution in [3.8, 4) is 0 Å². The number of benzene rings is 2. The molecule has 8 heteroatoms. The fraction of sp³-hybridized carbons (Fsp3) is 0.150. The summed E-state index contributed by atoms with van der Waals surface area (Å²) in [5.41, 5.74) is 0.374. The van der Waals surface area contributed by atoms with E-state index in [-0.39, 0.29) is 5.69 Å². The highest BCUT2D eigenvalue weighted by molar-refractivity contribution is 6.03. The van der Waals surface area contributed by atoms with Crippen LogP contribution in [0.2, 0.25) is 0 Å². The summed E-state index contributed by atoms with van der Waals surface area (Å²) in [5, 5.41) is 2.22. The molecular formula is C20H17F3N4O. The number of aromatic nitrogens is 2. The number of aryl methyl sites for hydroxylation is 1. The summed E-state index contributed by atoms with van der Waals surface area (Å²) in [4.78, 5) is 22.8. The van der Waals surface area contributed by atoms with Crippen molar-refractivity contribution in [3.63, 3.8) is 0 Å². The molecule has 1 amide bonds. The van der Waals surface area contributed by atoms with E-state index in [1.807, 2.05) is 42.2 Å². The Labute approximate surface area is 159 Å². The van der Waals surface area contributed by atoms with Gasteiger partial charge in [-0.25, -0.2) is 23.1 Å². The molecule has 5 nitrogen and oxygen atoms in total. The first kappa shape index (κ1) is 19.3. The third-order valence-electron chi connectivity index (χ3n) is 4.00. The number of halogens is 3. The van der Waals surface area contributed by atoms with E-state index >= 15 is 0 Å². The second kappa shape index (κ2) is 8.08. The third-order valence-corrected chi connectivity index (χ3v) is 4.00. The maximum Gasteiger partial charge on any atom is 0.274 e. The topological polar surface area (TPSA) is 58.1 Å². The minimum atomic E-state index is -1.65. The van der Waals surface area contributed by atoms with E-state index in [2.05, 4.69) is 15.3 Å². The molecule has 0 aliphatic rings. The largest absolute Gasteiger partial charge is 0.327 e. The lowest BCUT2D eigenvalue weighted by molar-refractivity contribution is 0.102. The molecule has 0 spiro atoms. The number of para-hydroxylation sites is 1. The molecule has 0 saturated carbocycles. The lowest BCUT2D eigenvalue weighted by Crippen LogP contribution is -2.21. The highest BCUT2D eigenvalue weighted by Crippen LogP contribution is 2.24. The highest BCUT2D eigenvalue weighted by Gasteiger charge is 2.19. The average Bonchev–Trinajstić information content (AvgIpc) is 2.69. The molecular weight excluding hydrogens is 369 g/mol. The quantitative estimate of drug-likeness (QED) is 0.651. The highest BCUT2D eigenvalue weighted by atomic mass is 19.2. The number of anilines is 3. The van der Waals surface area contributed by atoms with Crippen LogP contribution in [0.25, 0.3) is 0 Å². The fourth-order valence-electron chi connectivity index (χ4n) is 2.70. The van der Waals surface area contributed by atoms with Crippen molar-refractivity contribution in [2.45, 2.75) is 13.8 Å². The van der Waals surface area contributed by atoms with Crippen LogP contribution in [-0.4, -0.2) is 22.4 Å². The molecule has 0 atom stereocenters. The van der Waals surface area contributed by atoms with E-state index in [1.54, 1.807) is 6.92 Å². The monoisotopic (exact) mass is 386 g/mol. The number of nitrogens with zero attached hydrogens (tertiary/aromatic N) is 3. The van der Waals surface area contributed by atoms with Crippen LogP contribution in [0.1, 0.15) is 23.2 Å². The third kappa shape index (κ3) is 3.95. The SMILES string of the molecule is CCN(c1ccccc1)c1cc(C(=O)Nc2ccc(F)c(F)c2F)nc(C)n1. The summed E-state index contributed by atoms with van der Waals surface area (Å²) in [6.45, 7) is 4.14. The number of carbonyl (C=O) groups is 1. The first-order valence-electron chi connectivity index (χ1n) is 8.53. The Balaban J connectivity index is 1.93. The first-order chi connectivity index (χ1) is 13.4. The molecule has 0 bridgehead atoms. The molecule has 0 radical (unpaired) electrons. The van der Waals surface area contributed by atoms with Crippen molar-refractivity contribution in [1.82, 2.24) is 9.97 Å². The smallest absolute Gasteiger partial charge is 0.274 e. The number of carbonyl (C=O) groups excluding carboxylic acids is 1. The second-order valence-corrected chi connectivity index (χ2v) is 5.92. The van der Waals surface area contributed by atoms with Crippen LogP contribution < -0.4 is 10.2 Å². The van der Waals surface area contributed by atoms with Gasteiger partial charge in [-0.2, -0.15) is 0 Å². The normalized spacial score (nSPS) is 10.6. The summed E-state index contributed by atoms with van der Waals surface area (Å²) in [5.74, 6) is -4.41. The Bertz CT molecular complexity index is 1010. The fourth-order valence-corrected chi connectivity index (χ4v) is 2.70. The summed E-state index contributed by atoms with van der Waals surface area (Å²) >= 11 is 0. The van der Waals surface area contributed by atoms with Gasteiger partial charge >= 0.3 is 0 Å². The van der Waals surface area contributed by atoms with E-state index in [9.17, 15) is 18.0 Å². The van der Waals surface area contributed by atoms with Gasteiger partial charge in [0.2, 0.25) is 0 Å². The van der Waals surface area contributed by atoms with Crippen molar-refractivity contribution in [3.05, 3.63) is 77.5 Å². The van der Waals surface area contributed by atoms with Gasteiger partial charge in [0.15, 0.2) is 17.5 Å². The minimum absolute atomic E-state index is 0.0268. The van der Waals surface area contributed by atoms with Crippen LogP contribution in [0.5, 0.6) is 0 Å². The molecule has 1 N–H and O–H groups in total. The number of hydrogen-bond acceptors (Lipinski definition) is 4. The van der Waals surface area contributed by atoms with Gasteiger partial charge in [0.05, 0.1) is 5.69 Å². The molecule has 0 aliphatic carbocycles. The Morgan fingerprint density at radius 2 is 1.75 bits per heavy atom. The number of rotatable bonds is 5. The molecule has 0 aliphatic heterocycles. The van der Waals surface area contributed by atoms with Gasteiger partial charge in [-0.1, -0.05) is 18.2 Å². The predicted octanol–water partition coefficient (Wildman–Crippen LogP) is 4.61. The zero-order chi connectivity index (χ0) is 20.3. The molecule has 2 aromatic carbocycles. The first-order valence-corrected chi connectivity index (χ1v) is 8.53. The number of nitrogens with one attached hydrogen (secondary N) is 1. The molecule has 1 heterocycles. The summed E-state index contributed by atoms with van der Waals surface area (Å²) in [6.07, 6.45) is 0. The van der Waals surface area contributed by atoms with Crippen LogP contribution in [0.15, 0.2) is 48.5 Å². The van der Waals surface area contributed by atoms with E-state index in [4.69, 9.17) is 0 Å². The number of hydrogen-bond donors (Lipinski definition) is 1. The van der Waals surface area contributed by atoms with Gasteiger partial charge in [0.25, 0.3) is 5.91 Å². The minimum Gasteiger partial charge on any atom is -0.327 e. The van der Waals surface area contributed by atoms with Gasteiger partial charge in [-0.15, -0.1) is 0 Å². The van der Waals surface area contributed by atoms with Gasteiger partial charge in [-0.05, 0) is 38.1 Å². The lowest BCUT2D eigenvalue weighted by atomic mass is 10.2. The van der Waals surface area contributed by atoms with Gasteiger partial charge < -0.3 is 10.2 Å². The van der Waals surface area contributed by atoms with E-state index < -0.39 is 29.0 Å². The van der Waals surface area contributed by atoms with Crippen LogP contribution in [0.3, 0.4) is 0 Å². The molecule has 28 heavy (non-hydrogen) atoms. The lowest BCUT2D eigenvalue weighted by Gasteiger charge is -2.22. The Kier molecular flexibility index (Phi) is 5.58. The summed E-state index contributed by atoms with van der Waals surface area (Å²) < 4.78 is 40.3. The average molecular weight is 386 g/mol.